The summed E-state index contributed by atoms with van der Waals surface area (Å²) in [6, 6.07) is 3.96. The van der Waals surface area contributed by atoms with Crippen LogP contribution in [-0.4, -0.2) is 42.5 Å². The van der Waals surface area contributed by atoms with Crippen molar-refractivity contribution in [2.75, 3.05) is 20.6 Å². The SMILES string of the molecule is CC[C@@H](C(=O)NCCc1ccc[nH]1)N(C)C. The van der Waals surface area contributed by atoms with Crippen LogP contribution in [0, 0.1) is 0 Å². The van der Waals surface area contributed by atoms with E-state index in [2.05, 4.69) is 10.3 Å². The Balaban J connectivity index is 2.29. The molecule has 0 aliphatic carbocycles. The molecule has 1 amide bonds. The number of carbonyl (C=O) groups excluding carboxylic acids is 1. The molecule has 2 N–H and O–H groups in total. The Morgan fingerprint density at radius 3 is 2.81 bits per heavy atom. The van der Waals surface area contributed by atoms with E-state index in [4.69, 9.17) is 0 Å². The monoisotopic (exact) mass is 223 g/mol. The minimum absolute atomic E-state index is 0.0244. The first-order chi connectivity index (χ1) is 7.65. The van der Waals surface area contributed by atoms with Crippen molar-refractivity contribution < 1.29 is 4.79 Å². The van der Waals surface area contributed by atoms with Crippen molar-refractivity contribution in [3.63, 3.8) is 0 Å². The second-order valence-corrected chi connectivity index (χ2v) is 4.12. The highest BCUT2D eigenvalue weighted by Crippen LogP contribution is 1.99. The van der Waals surface area contributed by atoms with E-state index in [0.29, 0.717) is 6.54 Å². The summed E-state index contributed by atoms with van der Waals surface area (Å²) >= 11 is 0. The van der Waals surface area contributed by atoms with Crippen molar-refractivity contribution in [2.45, 2.75) is 25.8 Å². The van der Waals surface area contributed by atoms with Crippen molar-refractivity contribution >= 4 is 5.91 Å². The van der Waals surface area contributed by atoms with Gasteiger partial charge in [-0.1, -0.05) is 6.92 Å². The van der Waals surface area contributed by atoms with Crippen LogP contribution in [0.25, 0.3) is 0 Å². The molecule has 0 radical (unpaired) electrons. The Morgan fingerprint density at radius 2 is 2.31 bits per heavy atom. The van der Waals surface area contributed by atoms with Gasteiger partial charge in [-0.2, -0.15) is 0 Å². The Hall–Kier alpha value is -1.29. The van der Waals surface area contributed by atoms with Gasteiger partial charge in [-0.3, -0.25) is 9.69 Å². The van der Waals surface area contributed by atoms with Crippen molar-refractivity contribution in [1.29, 1.82) is 0 Å². The third kappa shape index (κ3) is 3.70. The average molecular weight is 223 g/mol. The molecule has 4 heteroatoms. The van der Waals surface area contributed by atoms with E-state index >= 15 is 0 Å². The Labute approximate surface area is 97.0 Å². The zero-order valence-electron chi connectivity index (χ0n) is 10.3. The van der Waals surface area contributed by atoms with E-state index in [1.165, 1.54) is 0 Å². The van der Waals surface area contributed by atoms with Crippen LogP contribution in [0.4, 0.5) is 0 Å². The third-order valence-electron chi connectivity index (χ3n) is 2.67. The lowest BCUT2D eigenvalue weighted by atomic mass is 10.2. The molecule has 0 aliphatic heterocycles. The number of likely N-dealkylation sites (N-methyl/N-ethyl adjacent to an activating group) is 1. The number of nitrogens with one attached hydrogen (secondary N) is 2. The van der Waals surface area contributed by atoms with Crippen LogP contribution in [0.1, 0.15) is 19.0 Å². The maximum atomic E-state index is 11.8. The van der Waals surface area contributed by atoms with Gasteiger partial charge >= 0.3 is 0 Å². The summed E-state index contributed by atoms with van der Waals surface area (Å²) in [4.78, 5) is 16.8. The largest absolute Gasteiger partial charge is 0.365 e. The second-order valence-electron chi connectivity index (χ2n) is 4.12. The molecule has 0 aliphatic rings. The standard InChI is InChI=1S/C12H21N3O/c1-4-11(15(2)3)12(16)14-9-7-10-6-5-8-13-10/h5-6,8,11,13H,4,7,9H2,1-3H3,(H,14,16)/t11-/m0/s1. The minimum Gasteiger partial charge on any atom is -0.365 e. The van der Waals surface area contributed by atoms with Gasteiger partial charge in [-0.15, -0.1) is 0 Å². The number of hydrogen-bond acceptors (Lipinski definition) is 2. The highest BCUT2D eigenvalue weighted by atomic mass is 16.2. The number of aromatic nitrogens is 1. The van der Waals surface area contributed by atoms with Gasteiger partial charge in [0, 0.05) is 24.9 Å². The molecule has 1 rings (SSSR count). The first kappa shape index (κ1) is 12.8. The predicted octanol–water partition coefficient (Wildman–Crippen LogP) is 1.01. The highest BCUT2D eigenvalue weighted by Gasteiger charge is 2.17. The molecule has 0 saturated heterocycles. The van der Waals surface area contributed by atoms with Crippen LogP contribution in [0.15, 0.2) is 18.3 Å². The lowest BCUT2D eigenvalue weighted by molar-refractivity contribution is -0.125. The van der Waals surface area contributed by atoms with Gasteiger partial charge in [-0.25, -0.2) is 0 Å². The molecule has 16 heavy (non-hydrogen) atoms. The Morgan fingerprint density at radius 1 is 1.56 bits per heavy atom. The number of H-pyrrole nitrogens is 1. The van der Waals surface area contributed by atoms with Gasteiger partial charge in [-0.05, 0) is 32.6 Å². The van der Waals surface area contributed by atoms with Gasteiger partial charge in [0.25, 0.3) is 0 Å². The summed E-state index contributed by atoms with van der Waals surface area (Å²) in [7, 11) is 3.86. The maximum Gasteiger partial charge on any atom is 0.237 e. The molecule has 0 aromatic carbocycles. The Kier molecular flexibility index (Phi) is 5.05. The van der Waals surface area contributed by atoms with Crippen molar-refractivity contribution in [3.8, 4) is 0 Å². The van der Waals surface area contributed by atoms with E-state index in [0.717, 1.165) is 18.5 Å². The van der Waals surface area contributed by atoms with E-state index < -0.39 is 0 Å². The number of amides is 1. The van der Waals surface area contributed by atoms with Gasteiger partial charge < -0.3 is 10.3 Å². The zero-order chi connectivity index (χ0) is 12.0. The molecule has 1 atom stereocenters. The molecule has 1 aromatic heterocycles. The van der Waals surface area contributed by atoms with Crippen LogP contribution >= 0.6 is 0 Å². The fourth-order valence-corrected chi connectivity index (χ4v) is 1.75. The van der Waals surface area contributed by atoms with Crippen molar-refractivity contribution in [3.05, 3.63) is 24.0 Å². The van der Waals surface area contributed by atoms with Gasteiger partial charge in [0.2, 0.25) is 5.91 Å². The number of carbonyl (C=O) groups is 1. The van der Waals surface area contributed by atoms with Crippen LogP contribution in [0.5, 0.6) is 0 Å². The number of rotatable bonds is 6. The van der Waals surface area contributed by atoms with Crippen molar-refractivity contribution in [1.82, 2.24) is 15.2 Å². The van der Waals surface area contributed by atoms with Crippen LogP contribution < -0.4 is 5.32 Å². The molecule has 4 nitrogen and oxygen atoms in total. The lowest BCUT2D eigenvalue weighted by Gasteiger charge is -2.21. The zero-order valence-corrected chi connectivity index (χ0v) is 10.3. The number of aromatic amines is 1. The molecular formula is C12H21N3O. The maximum absolute atomic E-state index is 11.8. The third-order valence-corrected chi connectivity index (χ3v) is 2.67. The summed E-state index contributed by atoms with van der Waals surface area (Å²) in [5, 5.41) is 2.95. The number of nitrogens with zero attached hydrogens (tertiary/aromatic N) is 1. The fourth-order valence-electron chi connectivity index (χ4n) is 1.75. The quantitative estimate of drug-likeness (QED) is 0.756. The van der Waals surface area contributed by atoms with Crippen LogP contribution in [-0.2, 0) is 11.2 Å². The second kappa shape index (κ2) is 6.33. The van der Waals surface area contributed by atoms with Gasteiger partial charge in [0.1, 0.15) is 0 Å². The van der Waals surface area contributed by atoms with Crippen molar-refractivity contribution in [2.24, 2.45) is 0 Å². The average Bonchev–Trinajstić information content (AvgIpc) is 2.71. The molecule has 0 unspecified atom stereocenters. The van der Waals surface area contributed by atoms with E-state index in [1.54, 1.807) is 0 Å². The van der Waals surface area contributed by atoms with E-state index in [-0.39, 0.29) is 11.9 Å². The number of hydrogen-bond donors (Lipinski definition) is 2. The molecule has 0 fully saturated rings. The molecule has 90 valence electrons. The van der Waals surface area contributed by atoms with E-state index in [1.807, 2.05) is 44.2 Å². The highest BCUT2D eigenvalue weighted by molar-refractivity contribution is 5.81. The Bertz CT molecular complexity index is 306. The first-order valence-electron chi connectivity index (χ1n) is 5.71. The lowest BCUT2D eigenvalue weighted by Crippen LogP contribution is -2.43. The normalized spacial score (nSPS) is 12.8. The molecule has 1 aromatic rings. The summed E-state index contributed by atoms with van der Waals surface area (Å²) in [6.07, 6.45) is 3.58. The molecule has 0 spiro atoms. The molecule has 0 saturated carbocycles. The van der Waals surface area contributed by atoms with Gasteiger partial charge in [0.05, 0.1) is 6.04 Å². The van der Waals surface area contributed by atoms with Gasteiger partial charge in [0.15, 0.2) is 0 Å². The topological polar surface area (TPSA) is 48.1 Å². The van der Waals surface area contributed by atoms with Crippen LogP contribution in [0.2, 0.25) is 0 Å². The van der Waals surface area contributed by atoms with E-state index in [9.17, 15) is 4.79 Å². The predicted molar refractivity (Wildman–Crippen MR) is 65.3 cm³/mol. The summed E-state index contributed by atoms with van der Waals surface area (Å²) in [5.41, 5.74) is 1.15. The minimum atomic E-state index is -0.0244. The summed E-state index contributed by atoms with van der Waals surface area (Å²) < 4.78 is 0. The molecule has 1 heterocycles. The molecular weight excluding hydrogens is 202 g/mol. The smallest absolute Gasteiger partial charge is 0.237 e. The fraction of sp³-hybridized carbons (Fsp3) is 0.583. The first-order valence-corrected chi connectivity index (χ1v) is 5.71. The molecule has 0 bridgehead atoms. The summed E-state index contributed by atoms with van der Waals surface area (Å²) in [5.74, 6) is 0.110. The summed E-state index contributed by atoms with van der Waals surface area (Å²) in [6.45, 7) is 2.71. The van der Waals surface area contributed by atoms with Crippen LogP contribution in [0.3, 0.4) is 0 Å².